The SMILES string of the molecule is CN1CCCC1Cc1c[nH]c2ccc(OCCCl)cc12. The summed E-state index contributed by atoms with van der Waals surface area (Å²) in [4.78, 5) is 5.83. The Morgan fingerprint density at radius 3 is 3.10 bits per heavy atom. The van der Waals surface area contributed by atoms with Gasteiger partial charge >= 0.3 is 0 Å². The number of H-pyrrole nitrogens is 1. The van der Waals surface area contributed by atoms with Crippen LogP contribution in [0.25, 0.3) is 10.9 Å². The second-order valence-electron chi connectivity index (χ2n) is 5.54. The molecule has 0 spiro atoms. The fourth-order valence-corrected chi connectivity index (χ4v) is 3.14. The van der Waals surface area contributed by atoms with Gasteiger partial charge in [-0.3, -0.25) is 0 Å². The molecule has 108 valence electrons. The fourth-order valence-electron chi connectivity index (χ4n) is 3.06. The van der Waals surface area contributed by atoms with Crippen LogP contribution in [0.5, 0.6) is 5.75 Å². The summed E-state index contributed by atoms with van der Waals surface area (Å²) in [7, 11) is 2.22. The fraction of sp³-hybridized carbons (Fsp3) is 0.500. The second-order valence-corrected chi connectivity index (χ2v) is 5.92. The van der Waals surface area contributed by atoms with E-state index < -0.39 is 0 Å². The van der Waals surface area contributed by atoms with Crippen molar-refractivity contribution in [2.75, 3.05) is 26.1 Å². The Bertz CT molecular complexity index is 581. The highest BCUT2D eigenvalue weighted by atomic mass is 35.5. The molecule has 1 fully saturated rings. The summed E-state index contributed by atoms with van der Waals surface area (Å²) < 4.78 is 5.62. The first kappa shape index (κ1) is 13.8. The highest BCUT2D eigenvalue weighted by Gasteiger charge is 2.22. The Morgan fingerprint density at radius 2 is 2.35 bits per heavy atom. The number of alkyl halides is 1. The summed E-state index contributed by atoms with van der Waals surface area (Å²) in [6.45, 7) is 1.77. The minimum absolute atomic E-state index is 0.519. The lowest BCUT2D eigenvalue weighted by molar-refractivity contribution is 0.310. The van der Waals surface area contributed by atoms with Crippen molar-refractivity contribution in [3.8, 4) is 5.75 Å². The number of fused-ring (bicyclic) bond motifs is 1. The number of rotatable bonds is 5. The number of nitrogens with zero attached hydrogens (tertiary/aromatic N) is 1. The van der Waals surface area contributed by atoms with Gasteiger partial charge in [0.2, 0.25) is 0 Å². The summed E-state index contributed by atoms with van der Waals surface area (Å²) in [6.07, 6.45) is 5.86. The van der Waals surface area contributed by atoms with E-state index in [0.29, 0.717) is 18.5 Å². The Kier molecular flexibility index (Phi) is 4.18. The number of hydrogen-bond donors (Lipinski definition) is 1. The van der Waals surface area contributed by atoms with Gasteiger partial charge < -0.3 is 14.6 Å². The molecule has 0 bridgehead atoms. The van der Waals surface area contributed by atoms with Gasteiger partial charge in [-0.2, -0.15) is 0 Å². The van der Waals surface area contributed by atoms with Gasteiger partial charge in [0, 0.05) is 23.1 Å². The van der Waals surface area contributed by atoms with Crippen molar-refractivity contribution >= 4 is 22.5 Å². The molecule has 1 aliphatic heterocycles. The van der Waals surface area contributed by atoms with Crippen LogP contribution in [0.4, 0.5) is 0 Å². The van der Waals surface area contributed by atoms with Gasteiger partial charge in [0.15, 0.2) is 0 Å². The number of nitrogens with one attached hydrogen (secondary N) is 1. The zero-order valence-corrected chi connectivity index (χ0v) is 12.6. The van der Waals surface area contributed by atoms with Crippen molar-refractivity contribution in [3.05, 3.63) is 30.0 Å². The smallest absolute Gasteiger partial charge is 0.120 e. The normalized spacial score (nSPS) is 19.8. The van der Waals surface area contributed by atoms with Crippen LogP contribution < -0.4 is 4.74 Å². The maximum Gasteiger partial charge on any atom is 0.120 e. The molecule has 1 aromatic carbocycles. The van der Waals surface area contributed by atoms with Crippen molar-refractivity contribution in [1.82, 2.24) is 9.88 Å². The molecule has 0 amide bonds. The molecule has 2 heterocycles. The third-order valence-electron chi connectivity index (χ3n) is 4.21. The molecule has 1 unspecified atom stereocenters. The van der Waals surface area contributed by atoms with Gasteiger partial charge in [0.25, 0.3) is 0 Å². The van der Waals surface area contributed by atoms with Gasteiger partial charge in [-0.1, -0.05) is 0 Å². The van der Waals surface area contributed by atoms with Gasteiger partial charge in [0.05, 0.1) is 5.88 Å². The first-order valence-electron chi connectivity index (χ1n) is 7.27. The van der Waals surface area contributed by atoms with Gasteiger partial charge in [0.1, 0.15) is 12.4 Å². The van der Waals surface area contributed by atoms with Crippen LogP contribution >= 0.6 is 11.6 Å². The summed E-state index contributed by atoms with van der Waals surface area (Å²) in [5, 5.41) is 1.28. The number of ether oxygens (including phenoxy) is 1. The van der Waals surface area contributed by atoms with Crippen molar-refractivity contribution in [1.29, 1.82) is 0 Å². The molecule has 0 radical (unpaired) electrons. The second kappa shape index (κ2) is 6.06. The molecule has 1 aromatic heterocycles. The Balaban J connectivity index is 1.83. The molecule has 3 nitrogen and oxygen atoms in total. The molecule has 20 heavy (non-hydrogen) atoms. The summed E-state index contributed by atoms with van der Waals surface area (Å²) in [5.74, 6) is 1.42. The third kappa shape index (κ3) is 2.79. The van der Waals surface area contributed by atoms with Gasteiger partial charge in [-0.05, 0) is 56.6 Å². The van der Waals surface area contributed by atoms with E-state index in [0.717, 1.165) is 12.2 Å². The topological polar surface area (TPSA) is 28.3 Å². The summed E-state index contributed by atoms with van der Waals surface area (Å²) >= 11 is 5.67. The zero-order chi connectivity index (χ0) is 13.9. The van der Waals surface area contributed by atoms with Crippen LogP contribution in [-0.2, 0) is 6.42 Å². The van der Waals surface area contributed by atoms with E-state index in [9.17, 15) is 0 Å². The van der Waals surface area contributed by atoms with E-state index in [2.05, 4.69) is 35.3 Å². The molecular formula is C16H21ClN2O. The number of aromatic amines is 1. The van der Waals surface area contributed by atoms with E-state index >= 15 is 0 Å². The van der Waals surface area contributed by atoms with Crippen LogP contribution in [0, 0.1) is 0 Å². The molecule has 4 heteroatoms. The van der Waals surface area contributed by atoms with Crippen LogP contribution in [-0.4, -0.2) is 42.0 Å². The summed E-state index contributed by atoms with van der Waals surface area (Å²) in [5.41, 5.74) is 2.56. The van der Waals surface area contributed by atoms with E-state index in [1.807, 2.05) is 6.07 Å². The lowest BCUT2D eigenvalue weighted by Crippen LogP contribution is -2.26. The Morgan fingerprint density at radius 1 is 1.45 bits per heavy atom. The Labute approximate surface area is 124 Å². The highest BCUT2D eigenvalue weighted by Crippen LogP contribution is 2.27. The third-order valence-corrected chi connectivity index (χ3v) is 4.37. The molecule has 1 atom stereocenters. The van der Waals surface area contributed by atoms with Crippen LogP contribution in [0.1, 0.15) is 18.4 Å². The van der Waals surface area contributed by atoms with E-state index in [1.54, 1.807) is 0 Å². The molecular weight excluding hydrogens is 272 g/mol. The van der Waals surface area contributed by atoms with Gasteiger partial charge in [-0.25, -0.2) is 0 Å². The Hall–Kier alpha value is -1.19. The van der Waals surface area contributed by atoms with Crippen molar-refractivity contribution in [2.24, 2.45) is 0 Å². The standard InChI is InChI=1S/C16H21ClN2O/c1-19-7-2-3-13(19)9-12-11-18-16-5-4-14(10-15(12)16)20-8-6-17/h4-5,10-11,13,18H,2-3,6-9H2,1H3. The van der Waals surface area contributed by atoms with Crippen molar-refractivity contribution in [2.45, 2.75) is 25.3 Å². The van der Waals surface area contributed by atoms with Crippen molar-refractivity contribution in [3.63, 3.8) is 0 Å². The molecule has 0 saturated carbocycles. The average molecular weight is 293 g/mol. The molecule has 2 aromatic rings. The molecule has 1 aliphatic rings. The number of aromatic nitrogens is 1. The average Bonchev–Trinajstić information content (AvgIpc) is 3.04. The van der Waals surface area contributed by atoms with E-state index in [-0.39, 0.29) is 0 Å². The van der Waals surface area contributed by atoms with Crippen LogP contribution in [0.2, 0.25) is 0 Å². The lowest BCUT2D eigenvalue weighted by Gasteiger charge is -2.18. The zero-order valence-electron chi connectivity index (χ0n) is 11.9. The van der Waals surface area contributed by atoms with E-state index in [4.69, 9.17) is 16.3 Å². The number of benzene rings is 1. The maximum absolute atomic E-state index is 5.67. The van der Waals surface area contributed by atoms with E-state index in [1.165, 1.54) is 35.9 Å². The first-order valence-corrected chi connectivity index (χ1v) is 7.80. The largest absolute Gasteiger partial charge is 0.492 e. The number of halogens is 1. The maximum atomic E-state index is 5.67. The summed E-state index contributed by atoms with van der Waals surface area (Å²) in [6, 6.07) is 6.88. The van der Waals surface area contributed by atoms with Crippen LogP contribution in [0.3, 0.4) is 0 Å². The minimum atomic E-state index is 0.519. The predicted octanol–water partition coefficient (Wildman–Crippen LogP) is 3.42. The van der Waals surface area contributed by atoms with Gasteiger partial charge in [-0.15, -0.1) is 11.6 Å². The molecule has 1 N–H and O–H groups in total. The molecule has 3 rings (SSSR count). The predicted molar refractivity (Wildman–Crippen MR) is 83.9 cm³/mol. The number of likely N-dealkylation sites (N-methyl/N-ethyl adjacent to an activating group) is 1. The quantitative estimate of drug-likeness (QED) is 0.855. The first-order chi connectivity index (χ1) is 9.78. The molecule has 0 aliphatic carbocycles. The number of hydrogen-bond acceptors (Lipinski definition) is 2. The lowest BCUT2D eigenvalue weighted by atomic mass is 10.0. The highest BCUT2D eigenvalue weighted by molar-refractivity contribution is 6.18. The number of likely N-dealkylation sites (tertiary alicyclic amines) is 1. The van der Waals surface area contributed by atoms with Crippen LogP contribution in [0.15, 0.2) is 24.4 Å². The monoisotopic (exact) mass is 292 g/mol. The minimum Gasteiger partial charge on any atom is -0.492 e. The van der Waals surface area contributed by atoms with Crippen molar-refractivity contribution < 1.29 is 4.74 Å². The molecule has 1 saturated heterocycles.